The van der Waals surface area contributed by atoms with Crippen LogP contribution in [0.5, 0.6) is 0 Å². The van der Waals surface area contributed by atoms with Crippen LogP contribution in [0.15, 0.2) is 27.5 Å². The van der Waals surface area contributed by atoms with E-state index in [-0.39, 0.29) is 0 Å². The minimum absolute atomic E-state index is 0.472. The van der Waals surface area contributed by atoms with Crippen LogP contribution in [0, 0.1) is 0 Å². The molecular weight excluding hydrogens is 158 g/mol. The fraction of sp³-hybridized carbons (Fsp3) is 0. The largest absolute Gasteiger partial charge is 0.336 e. The second-order valence-corrected chi connectivity index (χ2v) is 2.43. The molecule has 0 N–H and O–H groups in total. The number of aromatic nitrogens is 3. The van der Waals surface area contributed by atoms with Gasteiger partial charge in [-0.15, -0.1) is 0 Å². The van der Waals surface area contributed by atoms with Gasteiger partial charge >= 0.3 is 0 Å². The molecule has 0 unspecified atom stereocenters. The Hall–Kier alpha value is -1.91. The van der Waals surface area contributed by atoms with E-state index in [1.54, 1.807) is 12.4 Å². The molecule has 0 fully saturated rings. The molecule has 58 valence electrons. The second kappa shape index (κ2) is 1.82. The second-order valence-electron chi connectivity index (χ2n) is 2.43. The lowest BCUT2D eigenvalue weighted by molar-refractivity contribution is 0.434. The highest BCUT2D eigenvalue weighted by molar-refractivity contribution is 5.86. The monoisotopic (exact) mass is 161 g/mol. The summed E-state index contributed by atoms with van der Waals surface area (Å²) in [6.45, 7) is 0. The number of fused-ring (bicyclic) bond motifs is 2. The minimum Gasteiger partial charge on any atom is -0.336 e. The molecule has 12 heavy (non-hydrogen) atoms. The molecule has 0 amide bonds. The third-order valence-electron chi connectivity index (χ3n) is 1.67. The lowest BCUT2D eigenvalue weighted by Crippen LogP contribution is -1.72. The van der Waals surface area contributed by atoms with Crippen LogP contribution in [0.25, 0.3) is 22.2 Å². The predicted molar refractivity (Wildman–Crippen MR) is 39.4 cm³/mol. The smallest absolute Gasteiger partial charge is 0.261 e. The van der Waals surface area contributed by atoms with E-state index in [2.05, 4.69) is 15.3 Å². The van der Waals surface area contributed by atoms with Gasteiger partial charge in [-0.3, -0.25) is 0 Å². The molecule has 0 radical (unpaired) electrons. The van der Waals surface area contributed by atoms with E-state index in [4.69, 9.17) is 9.05 Å². The molecular formula is C7H3N3O2. The summed E-state index contributed by atoms with van der Waals surface area (Å²) in [5.74, 6) is 0. The van der Waals surface area contributed by atoms with Gasteiger partial charge in [0.05, 0.1) is 23.2 Å². The molecule has 0 saturated heterocycles. The quantitative estimate of drug-likeness (QED) is 0.498. The number of hydrogen-bond donors (Lipinski definition) is 0. The van der Waals surface area contributed by atoms with Gasteiger partial charge in [0.15, 0.2) is 0 Å². The van der Waals surface area contributed by atoms with Crippen LogP contribution in [0.4, 0.5) is 0 Å². The summed E-state index contributed by atoms with van der Waals surface area (Å²) in [7, 11) is 0. The number of hydrogen-bond acceptors (Lipinski definition) is 5. The van der Waals surface area contributed by atoms with Crippen molar-refractivity contribution in [2.75, 3.05) is 0 Å². The Morgan fingerprint density at radius 3 is 2.08 bits per heavy atom. The summed E-state index contributed by atoms with van der Waals surface area (Å²) >= 11 is 0. The van der Waals surface area contributed by atoms with Crippen LogP contribution in [0.3, 0.4) is 0 Å². The van der Waals surface area contributed by atoms with Crippen molar-refractivity contribution in [1.82, 2.24) is 15.3 Å². The standard InChI is InChI=1S/C7H3N3O2/c1-4-2-8-11-6(4)10-7-5(1)3-9-12-7/h1-3H. The van der Waals surface area contributed by atoms with Crippen molar-refractivity contribution >= 4 is 22.2 Å². The summed E-state index contributed by atoms with van der Waals surface area (Å²) in [5.41, 5.74) is 0.943. The van der Waals surface area contributed by atoms with Gasteiger partial charge in [0.2, 0.25) is 0 Å². The van der Waals surface area contributed by atoms with E-state index in [1.165, 1.54) is 0 Å². The van der Waals surface area contributed by atoms with Crippen molar-refractivity contribution in [1.29, 1.82) is 0 Å². The molecule has 5 nitrogen and oxygen atoms in total. The summed E-state index contributed by atoms with van der Waals surface area (Å²) < 4.78 is 9.69. The van der Waals surface area contributed by atoms with Crippen molar-refractivity contribution in [3.63, 3.8) is 0 Å². The minimum atomic E-state index is 0.472. The van der Waals surface area contributed by atoms with Crippen molar-refractivity contribution in [3.05, 3.63) is 18.5 Å². The van der Waals surface area contributed by atoms with E-state index in [1.807, 2.05) is 6.07 Å². The van der Waals surface area contributed by atoms with Crippen LogP contribution in [-0.2, 0) is 0 Å². The predicted octanol–water partition coefficient (Wildman–Crippen LogP) is 1.36. The van der Waals surface area contributed by atoms with E-state index < -0.39 is 0 Å². The van der Waals surface area contributed by atoms with Crippen molar-refractivity contribution in [2.45, 2.75) is 0 Å². The first kappa shape index (κ1) is 5.70. The van der Waals surface area contributed by atoms with Gasteiger partial charge in [0.1, 0.15) is 0 Å². The van der Waals surface area contributed by atoms with Crippen LogP contribution >= 0.6 is 0 Å². The lowest BCUT2D eigenvalue weighted by Gasteiger charge is -1.83. The first-order valence-electron chi connectivity index (χ1n) is 3.39. The van der Waals surface area contributed by atoms with Gasteiger partial charge in [-0.2, -0.15) is 4.98 Å². The fourth-order valence-electron chi connectivity index (χ4n) is 1.11. The Labute approximate surface area is 65.9 Å². The highest BCUT2D eigenvalue weighted by Crippen LogP contribution is 2.17. The van der Waals surface area contributed by atoms with Crippen LogP contribution < -0.4 is 0 Å². The summed E-state index contributed by atoms with van der Waals surface area (Å²) in [6.07, 6.45) is 3.21. The normalized spacial score (nSPS) is 11.3. The highest BCUT2D eigenvalue weighted by atomic mass is 16.5. The molecule has 0 spiro atoms. The number of nitrogens with zero attached hydrogens (tertiary/aromatic N) is 3. The molecule has 3 aromatic rings. The molecule has 0 saturated carbocycles. The fourth-order valence-corrected chi connectivity index (χ4v) is 1.11. The van der Waals surface area contributed by atoms with Gasteiger partial charge in [-0.05, 0) is 6.07 Å². The molecule has 5 heteroatoms. The zero-order chi connectivity index (χ0) is 7.97. The van der Waals surface area contributed by atoms with E-state index in [0.717, 1.165) is 10.8 Å². The highest BCUT2D eigenvalue weighted by Gasteiger charge is 2.05. The van der Waals surface area contributed by atoms with Gasteiger partial charge in [0.25, 0.3) is 11.4 Å². The Morgan fingerprint density at radius 1 is 0.917 bits per heavy atom. The summed E-state index contributed by atoms with van der Waals surface area (Å²) in [4.78, 5) is 4.04. The van der Waals surface area contributed by atoms with Gasteiger partial charge in [0, 0.05) is 0 Å². The molecule has 3 rings (SSSR count). The Morgan fingerprint density at radius 2 is 1.50 bits per heavy atom. The van der Waals surface area contributed by atoms with Crippen molar-refractivity contribution in [2.24, 2.45) is 0 Å². The molecule has 3 heterocycles. The third-order valence-corrected chi connectivity index (χ3v) is 1.67. The van der Waals surface area contributed by atoms with Crippen molar-refractivity contribution < 1.29 is 9.05 Å². The van der Waals surface area contributed by atoms with Crippen LogP contribution in [0.1, 0.15) is 0 Å². The van der Waals surface area contributed by atoms with Crippen molar-refractivity contribution in [3.8, 4) is 0 Å². The molecule has 0 atom stereocenters. The molecule has 0 aromatic carbocycles. The van der Waals surface area contributed by atoms with E-state index >= 15 is 0 Å². The van der Waals surface area contributed by atoms with Crippen LogP contribution in [0.2, 0.25) is 0 Å². The average Bonchev–Trinajstić information content (AvgIpc) is 2.64. The molecule has 3 aromatic heterocycles. The maximum Gasteiger partial charge on any atom is 0.261 e. The summed E-state index contributed by atoms with van der Waals surface area (Å²) in [6, 6.07) is 1.87. The maximum atomic E-state index is 4.85. The molecule has 0 bridgehead atoms. The summed E-state index contributed by atoms with van der Waals surface area (Å²) in [5, 5.41) is 8.91. The van der Waals surface area contributed by atoms with Crippen LogP contribution in [-0.4, -0.2) is 15.3 Å². The lowest BCUT2D eigenvalue weighted by atomic mass is 10.3. The van der Waals surface area contributed by atoms with E-state index in [0.29, 0.717) is 11.4 Å². The zero-order valence-electron chi connectivity index (χ0n) is 5.89. The van der Waals surface area contributed by atoms with Gasteiger partial charge in [-0.25, -0.2) is 0 Å². The Bertz CT molecular complexity index is 449. The first-order valence-corrected chi connectivity index (χ1v) is 3.39. The Kier molecular flexibility index (Phi) is 0.864. The molecule has 0 aliphatic carbocycles. The Balaban J connectivity index is 2.62. The van der Waals surface area contributed by atoms with E-state index in [9.17, 15) is 0 Å². The maximum absolute atomic E-state index is 4.85. The third kappa shape index (κ3) is 0.597. The van der Waals surface area contributed by atoms with Gasteiger partial charge in [-0.1, -0.05) is 10.3 Å². The van der Waals surface area contributed by atoms with Gasteiger partial charge < -0.3 is 9.05 Å². The molecule has 0 aliphatic rings. The average molecular weight is 161 g/mol. The number of pyridine rings is 1. The first-order chi connectivity index (χ1) is 5.93. The molecule has 0 aliphatic heterocycles. The topological polar surface area (TPSA) is 65.0 Å². The SMILES string of the molecule is c1noc2nc3oncc3cc12. The zero-order valence-corrected chi connectivity index (χ0v) is 5.89. The number of rotatable bonds is 0.